The first-order chi connectivity index (χ1) is 9.86. The second-order valence-corrected chi connectivity index (χ2v) is 4.67. The molecule has 0 saturated carbocycles. The van der Waals surface area contributed by atoms with Crippen LogP contribution in [0, 0.1) is 12.5 Å². The van der Waals surface area contributed by atoms with Crippen LogP contribution in [0.1, 0.15) is 26.3 Å². The summed E-state index contributed by atoms with van der Waals surface area (Å²) in [5.74, 6) is -1.12. The molecule has 0 aromatic heterocycles. The van der Waals surface area contributed by atoms with Gasteiger partial charge in [-0.25, -0.2) is 4.79 Å². The smallest absolute Gasteiger partial charge is 0.380 e. The molecule has 0 N–H and O–H groups in total. The van der Waals surface area contributed by atoms with E-state index in [2.05, 4.69) is 11.3 Å². The highest BCUT2D eigenvalue weighted by atomic mass is 17.2. The zero-order chi connectivity index (χ0) is 15.9. The van der Waals surface area contributed by atoms with Crippen LogP contribution in [-0.4, -0.2) is 12.3 Å². The second kappa shape index (κ2) is 7.36. The molecule has 1 aromatic rings. The van der Waals surface area contributed by atoms with E-state index >= 15 is 0 Å². The monoisotopic (exact) mass is 290 g/mol. The van der Waals surface area contributed by atoms with Crippen molar-refractivity contribution in [3.63, 3.8) is 0 Å². The molecule has 0 aliphatic heterocycles. The Labute approximate surface area is 124 Å². The Morgan fingerprint density at radius 2 is 1.95 bits per heavy atom. The van der Waals surface area contributed by atoms with Crippen LogP contribution < -0.4 is 0 Å². The molecule has 112 valence electrons. The minimum absolute atomic E-state index is 0.300. The van der Waals surface area contributed by atoms with Gasteiger partial charge in [-0.2, -0.15) is 4.89 Å². The zero-order valence-corrected chi connectivity index (χ0v) is 12.3. The number of hydrogen-bond donors (Lipinski definition) is 0. The van der Waals surface area contributed by atoms with E-state index in [1.54, 1.807) is 13.8 Å². The van der Waals surface area contributed by atoms with Gasteiger partial charge in [0.25, 0.3) is 6.29 Å². The van der Waals surface area contributed by atoms with Crippen LogP contribution >= 0.6 is 0 Å². The van der Waals surface area contributed by atoms with Crippen molar-refractivity contribution in [1.82, 2.24) is 0 Å². The standard InChI is InChI=1S/C16H18O5/c1-6-18-13(3)19-15(17)12(2)20-21-16(4,5)14-10-8-7-9-11-14/h1,7-11,13H,2H2,3-5H3. The van der Waals surface area contributed by atoms with E-state index in [0.29, 0.717) is 0 Å². The molecular formula is C16H18O5. The number of benzene rings is 1. The maximum absolute atomic E-state index is 11.6. The molecule has 0 bridgehead atoms. The van der Waals surface area contributed by atoms with E-state index in [9.17, 15) is 4.79 Å². The lowest BCUT2D eigenvalue weighted by Gasteiger charge is -2.24. The van der Waals surface area contributed by atoms with Gasteiger partial charge in [0.15, 0.2) is 0 Å². The van der Waals surface area contributed by atoms with Crippen molar-refractivity contribution in [3.05, 3.63) is 48.2 Å². The van der Waals surface area contributed by atoms with Gasteiger partial charge in [-0.3, -0.25) is 0 Å². The Morgan fingerprint density at radius 3 is 2.52 bits per heavy atom. The fourth-order valence-corrected chi connectivity index (χ4v) is 1.41. The molecule has 1 rings (SSSR count). The van der Waals surface area contributed by atoms with Crippen LogP contribution in [0.5, 0.6) is 0 Å². The normalized spacial score (nSPS) is 11.9. The highest BCUT2D eigenvalue weighted by Gasteiger charge is 2.25. The third kappa shape index (κ3) is 5.21. The number of carbonyl (C=O) groups is 1. The number of esters is 1. The average Bonchev–Trinajstić information content (AvgIpc) is 2.46. The zero-order valence-electron chi connectivity index (χ0n) is 12.3. The number of hydrogen-bond acceptors (Lipinski definition) is 5. The number of carbonyl (C=O) groups excluding carboxylic acids is 1. The van der Waals surface area contributed by atoms with Gasteiger partial charge in [0.2, 0.25) is 5.76 Å². The highest BCUT2D eigenvalue weighted by molar-refractivity contribution is 5.85. The minimum atomic E-state index is -0.898. The molecule has 0 radical (unpaired) electrons. The second-order valence-electron chi connectivity index (χ2n) is 4.67. The van der Waals surface area contributed by atoms with Crippen molar-refractivity contribution in [1.29, 1.82) is 0 Å². The Kier molecular flexibility index (Phi) is 5.82. The maximum Gasteiger partial charge on any atom is 0.380 e. The summed E-state index contributed by atoms with van der Waals surface area (Å²) in [6.45, 7) is 8.50. The molecule has 5 nitrogen and oxygen atoms in total. The Morgan fingerprint density at radius 1 is 1.33 bits per heavy atom. The quantitative estimate of drug-likeness (QED) is 0.147. The molecule has 1 unspecified atom stereocenters. The molecule has 0 saturated heterocycles. The molecule has 0 spiro atoms. The van der Waals surface area contributed by atoms with E-state index in [1.807, 2.05) is 36.4 Å². The Hall–Kier alpha value is -2.45. The molecule has 21 heavy (non-hydrogen) atoms. The lowest BCUT2D eigenvalue weighted by atomic mass is 9.99. The SMILES string of the molecule is C#COC(C)OC(=O)C(=C)OOC(C)(C)c1ccccc1. The van der Waals surface area contributed by atoms with E-state index in [1.165, 1.54) is 6.92 Å². The van der Waals surface area contributed by atoms with Crippen molar-refractivity contribution in [2.75, 3.05) is 0 Å². The fourth-order valence-electron chi connectivity index (χ4n) is 1.41. The molecule has 5 heteroatoms. The van der Waals surface area contributed by atoms with Crippen molar-refractivity contribution < 1.29 is 24.0 Å². The van der Waals surface area contributed by atoms with Crippen LogP contribution in [0.25, 0.3) is 0 Å². The van der Waals surface area contributed by atoms with Crippen molar-refractivity contribution in [3.8, 4) is 12.5 Å². The van der Waals surface area contributed by atoms with Gasteiger partial charge in [0.05, 0.1) is 0 Å². The lowest BCUT2D eigenvalue weighted by molar-refractivity contribution is -0.331. The molecule has 0 aliphatic carbocycles. The average molecular weight is 290 g/mol. The molecule has 0 aliphatic rings. The predicted octanol–water partition coefficient (Wildman–Crippen LogP) is 2.88. The first-order valence-corrected chi connectivity index (χ1v) is 6.29. The molecule has 1 aromatic carbocycles. The van der Waals surface area contributed by atoms with E-state index in [0.717, 1.165) is 5.56 Å². The molecule has 0 fully saturated rings. The van der Waals surface area contributed by atoms with E-state index < -0.39 is 17.9 Å². The lowest BCUT2D eigenvalue weighted by Crippen LogP contribution is -2.24. The Bertz CT molecular complexity index is 527. The summed E-state index contributed by atoms with van der Waals surface area (Å²) in [7, 11) is 0. The fraction of sp³-hybridized carbons (Fsp3) is 0.312. The van der Waals surface area contributed by atoms with E-state index in [-0.39, 0.29) is 5.76 Å². The summed E-state index contributed by atoms with van der Waals surface area (Å²) < 4.78 is 9.44. The summed E-state index contributed by atoms with van der Waals surface area (Å²) in [6, 6.07) is 9.41. The van der Waals surface area contributed by atoms with Gasteiger partial charge >= 0.3 is 5.97 Å². The maximum atomic E-state index is 11.6. The largest absolute Gasteiger partial charge is 0.419 e. The summed E-state index contributed by atoms with van der Waals surface area (Å²) in [4.78, 5) is 21.8. The first-order valence-electron chi connectivity index (χ1n) is 6.29. The topological polar surface area (TPSA) is 54.0 Å². The van der Waals surface area contributed by atoms with Gasteiger partial charge in [0, 0.05) is 6.92 Å². The van der Waals surface area contributed by atoms with Gasteiger partial charge < -0.3 is 14.4 Å². The van der Waals surface area contributed by atoms with Crippen molar-refractivity contribution in [2.45, 2.75) is 32.7 Å². The molecule has 1 atom stereocenters. The summed E-state index contributed by atoms with van der Waals surface area (Å²) in [5, 5.41) is 0. The van der Waals surface area contributed by atoms with Crippen LogP contribution in [0.2, 0.25) is 0 Å². The molecular weight excluding hydrogens is 272 g/mol. The van der Waals surface area contributed by atoms with Gasteiger partial charge in [0.1, 0.15) is 11.7 Å². The number of terminal acetylenes is 1. The summed E-state index contributed by atoms with van der Waals surface area (Å²) in [5.41, 5.74) is 0.126. The van der Waals surface area contributed by atoms with Gasteiger partial charge in [-0.15, -0.1) is 0 Å². The summed E-state index contributed by atoms with van der Waals surface area (Å²) >= 11 is 0. The predicted molar refractivity (Wildman–Crippen MR) is 76.3 cm³/mol. The molecule has 0 heterocycles. The van der Waals surface area contributed by atoms with Crippen molar-refractivity contribution >= 4 is 5.97 Å². The van der Waals surface area contributed by atoms with Crippen LogP contribution in [-0.2, 0) is 29.6 Å². The van der Waals surface area contributed by atoms with Crippen molar-refractivity contribution in [2.24, 2.45) is 0 Å². The first kappa shape index (κ1) is 16.6. The van der Waals surface area contributed by atoms with Gasteiger partial charge in [-0.05, 0) is 26.0 Å². The Balaban J connectivity index is 2.53. The van der Waals surface area contributed by atoms with Crippen LogP contribution in [0.4, 0.5) is 0 Å². The van der Waals surface area contributed by atoms with Crippen LogP contribution in [0.3, 0.4) is 0 Å². The summed E-state index contributed by atoms with van der Waals surface area (Å²) in [6.07, 6.45) is 5.93. The van der Waals surface area contributed by atoms with Gasteiger partial charge in [-0.1, -0.05) is 36.8 Å². The van der Waals surface area contributed by atoms with E-state index in [4.69, 9.17) is 20.9 Å². The molecule has 0 amide bonds. The number of rotatable bonds is 7. The minimum Gasteiger partial charge on any atom is -0.419 e. The number of ether oxygens (including phenoxy) is 2. The highest BCUT2D eigenvalue weighted by Crippen LogP contribution is 2.25. The third-order valence-corrected chi connectivity index (χ3v) is 2.55. The van der Waals surface area contributed by atoms with Crippen LogP contribution in [0.15, 0.2) is 42.7 Å². The third-order valence-electron chi connectivity index (χ3n) is 2.55.